The Balaban J connectivity index is 1.95. The zero-order valence-corrected chi connectivity index (χ0v) is 20.5. The number of furan rings is 1. The average molecular weight is 469 g/mol. The lowest BCUT2D eigenvalue weighted by Crippen LogP contribution is -2.54. The number of hydrogen-bond donors (Lipinski definition) is 1. The maximum absolute atomic E-state index is 13.6. The summed E-state index contributed by atoms with van der Waals surface area (Å²) in [6.07, 6.45) is 0.399. The molecule has 1 aromatic carbocycles. The number of amides is 2. The van der Waals surface area contributed by atoms with E-state index in [9.17, 15) is 9.59 Å². The molecule has 2 amide bonds. The number of rotatable bonds is 9. The second-order valence-corrected chi connectivity index (χ2v) is 8.88. The highest BCUT2D eigenvalue weighted by molar-refractivity contribution is 6.01. The Labute approximate surface area is 199 Å². The van der Waals surface area contributed by atoms with Crippen LogP contribution >= 0.6 is 0 Å². The van der Waals surface area contributed by atoms with Crippen LogP contribution in [0.1, 0.15) is 46.8 Å². The first-order valence-electron chi connectivity index (χ1n) is 11.3. The second kappa shape index (κ2) is 10.5. The predicted octanol–water partition coefficient (Wildman–Crippen LogP) is 3.37. The number of para-hydroxylation sites is 2. The molecule has 0 spiro atoms. The molecule has 0 saturated heterocycles. The monoisotopic (exact) mass is 468 g/mol. The van der Waals surface area contributed by atoms with E-state index in [0.717, 1.165) is 5.76 Å². The third kappa shape index (κ3) is 6.00. The first kappa shape index (κ1) is 24.9. The first-order valence-corrected chi connectivity index (χ1v) is 11.3. The van der Waals surface area contributed by atoms with Crippen LogP contribution in [0.3, 0.4) is 0 Å². The van der Waals surface area contributed by atoms with Crippen molar-refractivity contribution in [3.8, 4) is 17.3 Å². The number of aromatic nitrogens is 4. The zero-order chi connectivity index (χ0) is 24.9. The normalized spacial score (nSPS) is 12.3. The molecule has 3 rings (SSSR count). The molecule has 0 bridgehead atoms. The first-order chi connectivity index (χ1) is 16.1. The van der Waals surface area contributed by atoms with E-state index in [0.29, 0.717) is 30.2 Å². The quantitative estimate of drug-likeness (QED) is 0.512. The standard InChI is InChI=1S/C24H32N6O4/c1-7-17(23(32)25-24(4,5)6)30(18-11-9-10-12-19(18)33-8-2)21(31)15-29-27-22(26-28-29)20-14-13-16(3)34-20/h9-14,17H,7-8,15H2,1-6H3,(H,25,32)/t17-/m1/s1. The molecule has 10 heteroatoms. The molecular formula is C24H32N6O4. The van der Waals surface area contributed by atoms with Crippen molar-refractivity contribution in [2.75, 3.05) is 11.5 Å². The van der Waals surface area contributed by atoms with Gasteiger partial charge in [-0.05, 0) is 70.5 Å². The Morgan fingerprint density at radius 1 is 1.18 bits per heavy atom. The molecular weight excluding hydrogens is 436 g/mol. The highest BCUT2D eigenvalue weighted by Gasteiger charge is 2.33. The van der Waals surface area contributed by atoms with Crippen LogP contribution in [0.5, 0.6) is 5.75 Å². The molecule has 182 valence electrons. The predicted molar refractivity (Wildman–Crippen MR) is 127 cm³/mol. The van der Waals surface area contributed by atoms with E-state index >= 15 is 0 Å². The molecule has 34 heavy (non-hydrogen) atoms. The Bertz CT molecular complexity index is 1130. The number of aryl methyl sites for hydroxylation is 1. The summed E-state index contributed by atoms with van der Waals surface area (Å²) in [6.45, 7) is 11.4. The van der Waals surface area contributed by atoms with Crippen LogP contribution in [0.2, 0.25) is 0 Å². The molecule has 0 fully saturated rings. The Morgan fingerprint density at radius 2 is 1.91 bits per heavy atom. The molecule has 2 heterocycles. The number of nitrogens with zero attached hydrogens (tertiary/aromatic N) is 5. The van der Waals surface area contributed by atoms with Gasteiger partial charge in [-0.1, -0.05) is 19.1 Å². The molecule has 2 aromatic heterocycles. The maximum atomic E-state index is 13.6. The molecule has 0 aliphatic heterocycles. The summed E-state index contributed by atoms with van der Waals surface area (Å²) < 4.78 is 11.3. The van der Waals surface area contributed by atoms with Crippen LogP contribution in [0.4, 0.5) is 5.69 Å². The Morgan fingerprint density at radius 3 is 2.53 bits per heavy atom. The minimum Gasteiger partial charge on any atom is -0.492 e. The fraction of sp³-hybridized carbons (Fsp3) is 0.458. The average Bonchev–Trinajstić information content (AvgIpc) is 3.40. The SMILES string of the molecule is CCOc1ccccc1N(C(=O)Cn1nnc(-c2ccc(C)o2)n1)[C@H](CC)C(=O)NC(C)(C)C. The van der Waals surface area contributed by atoms with Gasteiger partial charge < -0.3 is 14.5 Å². The van der Waals surface area contributed by atoms with Crippen molar-refractivity contribution in [2.45, 2.75) is 66.1 Å². The number of nitrogens with one attached hydrogen (secondary N) is 1. The minimum atomic E-state index is -0.760. The number of carbonyl (C=O) groups excluding carboxylic acids is 2. The Hall–Kier alpha value is -3.69. The molecule has 3 aromatic rings. The summed E-state index contributed by atoms with van der Waals surface area (Å²) >= 11 is 0. The fourth-order valence-corrected chi connectivity index (χ4v) is 3.51. The highest BCUT2D eigenvalue weighted by Crippen LogP contribution is 2.31. The molecule has 1 N–H and O–H groups in total. The van der Waals surface area contributed by atoms with Crippen molar-refractivity contribution in [1.29, 1.82) is 0 Å². The Kier molecular flexibility index (Phi) is 7.70. The fourth-order valence-electron chi connectivity index (χ4n) is 3.51. The van der Waals surface area contributed by atoms with E-state index in [1.807, 2.05) is 47.6 Å². The van der Waals surface area contributed by atoms with E-state index in [1.54, 1.807) is 30.3 Å². The van der Waals surface area contributed by atoms with Gasteiger partial charge in [0.1, 0.15) is 24.1 Å². The van der Waals surface area contributed by atoms with Crippen molar-refractivity contribution in [2.24, 2.45) is 0 Å². The number of benzene rings is 1. The van der Waals surface area contributed by atoms with Crippen LogP contribution in [-0.4, -0.2) is 50.2 Å². The summed E-state index contributed by atoms with van der Waals surface area (Å²) in [5.74, 6) is 1.34. The summed E-state index contributed by atoms with van der Waals surface area (Å²) in [4.78, 5) is 29.5. The van der Waals surface area contributed by atoms with Gasteiger partial charge in [-0.15, -0.1) is 10.2 Å². The van der Waals surface area contributed by atoms with Crippen LogP contribution in [-0.2, 0) is 16.1 Å². The maximum Gasteiger partial charge on any atom is 0.251 e. The lowest BCUT2D eigenvalue weighted by molar-refractivity contribution is -0.128. The van der Waals surface area contributed by atoms with Crippen molar-refractivity contribution < 1.29 is 18.7 Å². The lowest BCUT2D eigenvalue weighted by atomic mass is 10.1. The largest absolute Gasteiger partial charge is 0.492 e. The van der Waals surface area contributed by atoms with Gasteiger partial charge in [0.25, 0.3) is 5.91 Å². The van der Waals surface area contributed by atoms with E-state index in [2.05, 4.69) is 20.7 Å². The number of ether oxygens (including phenoxy) is 1. The molecule has 0 aliphatic carbocycles. The van der Waals surface area contributed by atoms with Gasteiger partial charge in [-0.3, -0.25) is 14.5 Å². The number of anilines is 1. The summed E-state index contributed by atoms with van der Waals surface area (Å²) in [7, 11) is 0. The van der Waals surface area contributed by atoms with E-state index in [1.165, 1.54) is 9.70 Å². The van der Waals surface area contributed by atoms with Crippen LogP contribution in [0.15, 0.2) is 40.8 Å². The van der Waals surface area contributed by atoms with Crippen LogP contribution < -0.4 is 15.0 Å². The second-order valence-electron chi connectivity index (χ2n) is 8.88. The topological polar surface area (TPSA) is 115 Å². The lowest BCUT2D eigenvalue weighted by Gasteiger charge is -2.33. The van der Waals surface area contributed by atoms with Gasteiger partial charge in [0.2, 0.25) is 11.7 Å². The molecule has 0 saturated carbocycles. The van der Waals surface area contributed by atoms with Crippen molar-refractivity contribution in [1.82, 2.24) is 25.5 Å². The zero-order valence-electron chi connectivity index (χ0n) is 20.5. The van der Waals surface area contributed by atoms with Gasteiger partial charge in [0.05, 0.1) is 12.3 Å². The molecule has 0 radical (unpaired) electrons. The molecule has 1 atom stereocenters. The van der Waals surface area contributed by atoms with E-state index < -0.39 is 11.6 Å². The van der Waals surface area contributed by atoms with Crippen molar-refractivity contribution in [3.05, 3.63) is 42.2 Å². The molecule has 10 nitrogen and oxygen atoms in total. The van der Waals surface area contributed by atoms with Gasteiger partial charge in [-0.25, -0.2) is 0 Å². The summed E-state index contributed by atoms with van der Waals surface area (Å²) in [6, 6.07) is 9.95. The summed E-state index contributed by atoms with van der Waals surface area (Å²) in [5.41, 5.74) is 0.0506. The van der Waals surface area contributed by atoms with E-state index in [-0.39, 0.29) is 24.2 Å². The van der Waals surface area contributed by atoms with Gasteiger partial charge in [0.15, 0.2) is 5.76 Å². The van der Waals surface area contributed by atoms with Gasteiger partial charge >= 0.3 is 0 Å². The van der Waals surface area contributed by atoms with Gasteiger partial charge in [-0.2, -0.15) is 4.80 Å². The van der Waals surface area contributed by atoms with Gasteiger partial charge in [0, 0.05) is 5.54 Å². The van der Waals surface area contributed by atoms with Crippen molar-refractivity contribution >= 4 is 17.5 Å². The molecule has 0 aliphatic rings. The number of tetrazole rings is 1. The molecule has 0 unspecified atom stereocenters. The summed E-state index contributed by atoms with van der Waals surface area (Å²) in [5, 5.41) is 15.3. The van der Waals surface area contributed by atoms with Crippen LogP contribution in [0, 0.1) is 6.92 Å². The van der Waals surface area contributed by atoms with Crippen molar-refractivity contribution in [3.63, 3.8) is 0 Å². The number of hydrogen-bond acceptors (Lipinski definition) is 7. The highest BCUT2D eigenvalue weighted by atomic mass is 16.5. The number of carbonyl (C=O) groups is 2. The van der Waals surface area contributed by atoms with E-state index in [4.69, 9.17) is 9.15 Å². The minimum absolute atomic E-state index is 0.216. The smallest absolute Gasteiger partial charge is 0.251 e. The third-order valence-electron chi connectivity index (χ3n) is 4.88. The van der Waals surface area contributed by atoms with Crippen LogP contribution in [0.25, 0.3) is 11.6 Å². The third-order valence-corrected chi connectivity index (χ3v) is 4.88.